The van der Waals surface area contributed by atoms with Gasteiger partial charge in [-0.3, -0.25) is 19.3 Å². The average molecular weight is 331 g/mol. The van der Waals surface area contributed by atoms with Crippen molar-refractivity contribution in [3.8, 4) is 0 Å². The molecule has 3 rings (SSSR count). The van der Waals surface area contributed by atoms with E-state index < -0.39 is 11.2 Å². The molecular weight excluding hydrogens is 314 g/mol. The van der Waals surface area contributed by atoms with Crippen LogP contribution in [-0.2, 0) is 19.3 Å². The molecule has 23 heavy (non-hydrogen) atoms. The number of nitrogens with zero attached hydrogens (tertiary/aromatic N) is 4. The second-order valence-corrected chi connectivity index (χ2v) is 6.09. The fraction of sp³-hybridized carbons (Fsp3) is 0.333. The predicted molar refractivity (Wildman–Crippen MR) is 89.7 cm³/mol. The summed E-state index contributed by atoms with van der Waals surface area (Å²) in [5, 5.41) is 0.721. The predicted octanol–water partition coefficient (Wildman–Crippen LogP) is 1.52. The van der Waals surface area contributed by atoms with Gasteiger partial charge in [0.1, 0.15) is 0 Å². The fourth-order valence-corrected chi connectivity index (χ4v) is 3.32. The zero-order chi connectivity index (χ0) is 16.4. The van der Waals surface area contributed by atoms with Gasteiger partial charge in [0, 0.05) is 25.5 Å². The summed E-state index contributed by atoms with van der Waals surface area (Å²) in [5.41, 5.74) is 0.947. The van der Waals surface area contributed by atoms with Crippen LogP contribution in [0.15, 0.2) is 39.1 Å². The first-order valence-corrected chi connectivity index (χ1v) is 8.32. The topological polar surface area (TPSA) is 85.6 Å². The van der Waals surface area contributed by atoms with E-state index in [1.54, 1.807) is 13.2 Å². The van der Waals surface area contributed by atoms with Gasteiger partial charge in [-0.15, -0.1) is 0 Å². The molecule has 3 heterocycles. The maximum Gasteiger partial charge on any atom is 0.329 e. The molecule has 1 N–H and O–H groups in total. The molecule has 0 aliphatic heterocycles. The van der Waals surface area contributed by atoms with E-state index in [9.17, 15) is 9.59 Å². The highest BCUT2D eigenvalue weighted by Crippen LogP contribution is 2.24. The van der Waals surface area contributed by atoms with Gasteiger partial charge in [0.2, 0.25) is 0 Å². The lowest BCUT2D eigenvalue weighted by atomic mass is 10.4. The molecule has 0 atom stereocenters. The molecule has 0 unspecified atom stereocenters. The average Bonchev–Trinajstić information content (AvgIpc) is 2.91. The maximum absolute atomic E-state index is 12.2. The minimum atomic E-state index is -0.454. The van der Waals surface area contributed by atoms with Crippen molar-refractivity contribution >= 4 is 22.9 Å². The van der Waals surface area contributed by atoms with Gasteiger partial charge in [-0.1, -0.05) is 24.8 Å². The number of nitrogens with one attached hydrogen (secondary N) is 1. The van der Waals surface area contributed by atoms with E-state index in [-0.39, 0.29) is 0 Å². The Bertz CT molecular complexity index is 942. The van der Waals surface area contributed by atoms with Crippen LogP contribution in [0, 0.1) is 0 Å². The van der Waals surface area contributed by atoms with E-state index in [0.29, 0.717) is 23.5 Å². The summed E-state index contributed by atoms with van der Waals surface area (Å²) >= 11 is 1.51. The number of H-pyrrole nitrogens is 1. The fourth-order valence-electron chi connectivity index (χ4n) is 2.38. The van der Waals surface area contributed by atoms with Crippen LogP contribution in [0.4, 0.5) is 0 Å². The number of hydrogen-bond donors (Lipinski definition) is 1. The van der Waals surface area contributed by atoms with Crippen molar-refractivity contribution in [2.75, 3.05) is 0 Å². The molecule has 0 saturated carbocycles. The first-order chi connectivity index (χ1) is 11.1. The molecule has 0 saturated heterocycles. The Morgan fingerprint density at radius 1 is 1.30 bits per heavy atom. The van der Waals surface area contributed by atoms with Crippen LogP contribution in [0.1, 0.15) is 19.0 Å². The number of pyridine rings is 1. The Kier molecular flexibility index (Phi) is 4.33. The first-order valence-electron chi connectivity index (χ1n) is 7.34. The number of imidazole rings is 1. The van der Waals surface area contributed by atoms with Crippen molar-refractivity contribution in [1.29, 1.82) is 0 Å². The molecule has 0 spiro atoms. The summed E-state index contributed by atoms with van der Waals surface area (Å²) in [6.45, 7) is 2.71. The van der Waals surface area contributed by atoms with Crippen LogP contribution in [0.5, 0.6) is 0 Å². The molecule has 0 aromatic carbocycles. The van der Waals surface area contributed by atoms with Crippen LogP contribution in [-0.4, -0.2) is 24.1 Å². The van der Waals surface area contributed by atoms with Crippen molar-refractivity contribution in [3.05, 3.63) is 50.9 Å². The van der Waals surface area contributed by atoms with E-state index in [1.165, 1.54) is 16.3 Å². The number of aryl methyl sites for hydroxylation is 2. The number of aromatic amines is 1. The molecular formula is C15H17N5O2S. The number of thioether (sulfide) groups is 1. The van der Waals surface area contributed by atoms with E-state index >= 15 is 0 Å². The Hall–Kier alpha value is -2.35. The lowest BCUT2D eigenvalue weighted by Crippen LogP contribution is -2.29. The van der Waals surface area contributed by atoms with E-state index in [4.69, 9.17) is 0 Å². The van der Waals surface area contributed by atoms with E-state index in [0.717, 1.165) is 17.3 Å². The Balaban J connectivity index is 2.07. The second kappa shape index (κ2) is 6.41. The minimum Gasteiger partial charge on any atom is -0.313 e. The monoisotopic (exact) mass is 331 g/mol. The zero-order valence-electron chi connectivity index (χ0n) is 12.9. The second-order valence-electron chi connectivity index (χ2n) is 5.15. The number of aromatic nitrogens is 5. The molecule has 0 radical (unpaired) electrons. The maximum atomic E-state index is 12.2. The summed E-state index contributed by atoms with van der Waals surface area (Å²) < 4.78 is 3.24. The normalized spacial score (nSPS) is 11.2. The van der Waals surface area contributed by atoms with Crippen LogP contribution < -0.4 is 11.2 Å². The summed E-state index contributed by atoms with van der Waals surface area (Å²) in [7, 11) is 1.61. The van der Waals surface area contributed by atoms with Gasteiger partial charge in [-0.2, -0.15) is 0 Å². The van der Waals surface area contributed by atoms with Gasteiger partial charge in [0.25, 0.3) is 5.56 Å². The van der Waals surface area contributed by atoms with Crippen LogP contribution in [0.3, 0.4) is 0 Å². The summed E-state index contributed by atoms with van der Waals surface area (Å²) in [5.74, 6) is 0.653. The van der Waals surface area contributed by atoms with Crippen molar-refractivity contribution in [2.24, 2.45) is 7.05 Å². The molecule has 3 aromatic rings. The lowest BCUT2D eigenvalue weighted by molar-refractivity contribution is 0.636. The highest BCUT2D eigenvalue weighted by Gasteiger charge is 2.17. The Labute approximate surface area is 136 Å². The lowest BCUT2D eigenvalue weighted by Gasteiger charge is -2.06. The molecule has 7 nitrogen and oxygen atoms in total. The van der Waals surface area contributed by atoms with Crippen molar-refractivity contribution in [1.82, 2.24) is 24.1 Å². The van der Waals surface area contributed by atoms with Gasteiger partial charge in [0.15, 0.2) is 16.3 Å². The summed E-state index contributed by atoms with van der Waals surface area (Å²) in [4.78, 5) is 35.1. The Morgan fingerprint density at radius 3 is 2.83 bits per heavy atom. The molecule has 0 aliphatic rings. The van der Waals surface area contributed by atoms with E-state index in [1.807, 2.05) is 29.7 Å². The highest BCUT2D eigenvalue weighted by molar-refractivity contribution is 7.98. The van der Waals surface area contributed by atoms with Gasteiger partial charge < -0.3 is 4.57 Å². The SMILES string of the molecule is CCCn1c(SCc2ccccn2)nc2c1c(=O)[nH]c(=O)n2C. The summed E-state index contributed by atoms with van der Waals surface area (Å²) in [6.07, 6.45) is 2.62. The quantitative estimate of drug-likeness (QED) is 0.717. The molecule has 3 aromatic heterocycles. The smallest absolute Gasteiger partial charge is 0.313 e. The number of fused-ring (bicyclic) bond motifs is 1. The molecule has 0 amide bonds. The third-order valence-corrected chi connectivity index (χ3v) is 4.50. The van der Waals surface area contributed by atoms with Gasteiger partial charge in [-0.05, 0) is 18.6 Å². The van der Waals surface area contributed by atoms with Gasteiger partial charge in [0.05, 0.1) is 5.69 Å². The van der Waals surface area contributed by atoms with Crippen LogP contribution in [0.25, 0.3) is 11.2 Å². The third kappa shape index (κ3) is 2.94. The highest BCUT2D eigenvalue weighted by atomic mass is 32.2. The van der Waals surface area contributed by atoms with Crippen LogP contribution in [0.2, 0.25) is 0 Å². The van der Waals surface area contributed by atoms with Crippen molar-refractivity contribution < 1.29 is 0 Å². The van der Waals surface area contributed by atoms with Crippen molar-refractivity contribution in [2.45, 2.75) is 30.8 Å². The molecule has 0 bridgehead atoms. The number of hydrogen-bond acceptors (Lipinski definition) is 5. The molecule has 120 valence electrons. The molecule has 8 heteroatoms. The van der Waals surface area contributed by atoms with E-state index in [2.05, 4.69) is 15.0 Å². The molecule has 0 aliphatic carbocycles. The largest absolute Gasteiger partial charge is 0.329 e. The molecule has 0 fully saturated rings. The zero-order valence-corrected chi connectivity index (χ0v) is 13.8. The Morgan fingerprint density at radius 2 is 2.13 bits per heavy atom. The van der Waals surface area contributed by atoms with Crippen molar-refractivity contribution in [3.63, 3.8) is 0 Å². The third-order valence-electron chi connectivity index (χ3n) is 3.49. The van der Waals surface area contributed by atoms with Gasteiger partial charge >= 0.3 is 5.69 Å². The van der Waals surface area contributed by atoms with Crippen LogP contribution >= 0.6 is 11.8 Å². The number of rotatable bonds is 5. The standard InChI is InChI=1S/C15H17N5O2S/c1-3-8-20-11-12(19(2)14(22)18-13(11)21)17-15(20)23-9-10-6-4-5-7-16-10/h4-7H,3,8-9H2,1-2H3,(H,18,21,22). The van der Waals surface area contributed by atoms with Gasteiger partial charge in [-0.25, -0.2) is 9.78 Å². The first kappa shape index (κ1) is 15.5. The minimum absolute atomic E-state index is 0.395. The summed E-state index contributed by atoms with van der Waals surface area (Å²) in [6, 6.07) is 5.75.